The lowest BCUT2D eigenvalue weighted by Crippen LogP contribution is -2.15. The van der Waals surface area contributed by atoms with E-state index < -0.39 is 5.97 Å². The number of nitrogens with zero attached hydrogens (tertiary/aromatic N) is 3. The van der Waals surface area contributed by atoms with Crippen LogP contribution < -0.4 is 4.74 Å². The van der Waals surface area contributed by atoms with Gasteiger partial charge in [0, 0.05) is 36.7 Å². The molecule has 0 saturated carbocycles. The topological polar surface area (TPSA) is 75.3 Å². The summed E-state index contributed by atoms with van der Waals surface area (Å²) in [5.41, 5.74) is 3.97. The molecule has 7 heteroatoms. The van der Waals surface area contributed by atoms with E-state index in [1.807, 2.05) is 44.2 Å². The van der Waals surface area contributed by atoms with Crippen molar-refractivity contribution in [1.82, 2.24) is 14.3 Å². The highest BCUT2D eigenvalue weighted by Crippen LogP contribution is 2.18. The molecular formula is C22H25N3O4. The quantitative estimate of drug-likeness (QED) is 0.433. The standard InChI is InChI=1S/C22H25N3O4/c1-15-11-20(21(26)14-29-22(27)18-12-23-24(3)13-18)16(2)25(15)10-9-17-5-7-19(28-4)8-6-17/h5-8,11-13H,9-10,14H2,1-4H3. The third-order valence-corrected chi connectivity index (χ3v) is 4.93. The van der Waals surface area contributed by atoms with Crippen molar-refractivity contribution >= 4 is 11.8 Å². The number of carbonyl (C=O) groups is 2. The zero-order valence-electron chi connectivity index (χ0n) is 17.1. The Kier molecular flexibility index (Phi) is 6.16. The zero-order chi connectivity index (χ0) is 21.0. The molecule has 3 rings (SSSR count). The van der Waals surface area contributed by atoms with E-state index in [0.717, 1.165) is 30.1 Å². The monoisotopic (exact) mass is 395 g/mol. The van der Waals surface area contributed by atoms with E-state index in [9.17, 15) is 9.59 Å². The third kappa shape index (κ3) is 4.74. The zero-order valence-corrected chi connectivity index (χ0v) is 17.1. The van der Waals surface area contributed by atoms with Crippen molar-refractivity contribution in [3.8, 4) is 5.75 Å². The van der Waals surface area contributed by atoms with Crippen molar-refractivity contribution in [3.05, 3.63) is 70.8 Å². The van der Waals surface area contributed by atoms with Crippen molar-refractivity contribution in [2.24, 2.45) is 7.05 Å². The number of carbonyl (C=O) groups excluding carboxylic acids is 2. The Balaban J connectivity index is 1.62. The van der Waals surface area contributed by atoms with Gasteiger partial charge in [-0.15, -0.1) is 0 Å². The number of aromatic nitrogens is 3. The van der Waals surface area contributed by atoms with Crippen molar-refractivity contribution in [2.75, 3.05) is 13.7 Å². The number of benzene rings is 1. The predicted octanol–water partition coefficient (Wildman–Crippen LogP) is 3.13. The van der Waals surface area contributed by atoms with Crippen LogP contribution in [-0.4, -0.2) is 39.8 Å². The van der Waals surface area contributed by atoms with Gasteiger partial charge in [0.25, 0.3) is 0 Å². The summed E-state index contributed by atoms with van der Waals surface area (Å²) in [7, 11) is 3.36. The molecule has 0 aliphatic carbocycles. The summed E-state index contributed by atoms with van der Waals surface area (Å²) in [6.07, 6.45) is 3.81. The van der Waals surface area contributed by atoms with Gasteiger partial charge in [-0.1, -0.05) is 12.1 Å². The van der Waals surface area contributed by atoms with Gasteiger partial charge in [0.1, 0.15) is 5.75 Å². The fourth-order valence-corrected chi connectivity index (χ4v) is 3.28. The maximum absolute atomic E-state index is 12.6. The fraction of sp³-hybridized carbons (Fsp3) is 0.318. The highest BCUT2D eigenvalue weighted by molar-refractivity contribution is 6.00. The molecule has 0 amide bonds. The Morgan fingerprint density at radius 1 is 1.14 bits per heavy atom. The van der Waals surface area contributed by atoms with Crippen LogP contribution in [0.2, 0.25) is 0 Å². The lowest BCUT2D eigenvalue weighted by Gasteiger charge is -2.10. The molecule has 0 bridgehead atoms. The summed E-state index contributed by atoms with van der Waals surface area (Å²) in [6.45, 7) is 4.35. The van der Waals surface area contributed by atoms with E-state index in [1.54, 1.807) is 20.4 Å². The van der Waals surface area contributed by atoms with E-state index in [2.05, 4.69) is 9.67 Å². The predicted molar refractivity (Wildman–Crippen MR) is 108 cm³/mol. The first kappa shape index (κ1) is 20.4. The van der Waals surface area contributed by atoms with Gasteiger partial charge >= 0.3 is 5.97 Å². The van der Waals surface area contributed by atoms with Crippen LogP contribution in [0.5, 0.6) is 5.75 Å². The molecule has 152 valence electrons. The molecular weight excluding hydrogens is 370 g/mol. The summed E-state index contributed by atoms with van der Waals surface area (Å²) in [5, 5.41) is 3.93. The van der Waals surface area contributed by atoms with Crippen LogP contribution in [0.3, 0.4) is 0 Å². The number of Topliss-reactive ketones (excluding diaryl/α,β-unsaturated/α-hetero) is 1. The molecule has 0 unspecified atom stereocenters. The van der Waals surface area contributed by atoms with Gasteiger partial charge in [-0.05, 0) is 44.0 Å². The summed E-state index contributed by atoms with van der Waals surface area (Å²) in [5.74, 6) is 0.0570. The van der Waals surface area contributed by atoms with Gasteiger partial charge in [-0.25, -0.2) is 4.79 Å². The lowest BCUT2D eigenvalue weighted by atomic mass is 10.1. The average molecular weight is 395 g/mol. The third-order valence-electron chi connectivity index (χ3n) is 4.93. The molecule has 1 aromatic carbocycles. The second-order valence-electron chi connectivity index (χ2n) is 6.94. The molecule has 0 aliphatic heterocycles. The van der Waals surface area contributed by atoms with Crippen LogP contribution in [0.25, 0.3) is 0 Å². The molecule has 0 radical (unpaired) electrons. The fourth-order valence-electron chi connectivity index (χ4n) is 3.28. The molecule has 0 spiro atoms. The summed E-state index contributed by atoms with van der Waals surface area (Å²) in [6, 6.07) is 9.81. The first-order chi connectivity index (χ1) is 13.9. The van der Waals surface area contributed by atoms with Gasteiger partial charge in [-0.3, -0.25) is 9.48 Å². The van der Waals surface area contributed by atoms with E-state index >= 15 is 0 Å². The molecule has 0 aliphatic rings. The molecule has 2 aromatic heterocycles. The Hall–Kier alpha value is -3.35. The summed E-state index contributed by atoms with van der Waals surface area (Å²) >= 11 is 0. The van der Waals surface area contributed by atoms with Crippen molar-refractivity contribution in [3.63, 3.8) is 0 Å². The van der Waals surface area contributed by atoms with Gasteiger partial charge in [0.05, 0.1) is 18.9 Å². The van der Waals surface area contributed by atoms with Crippen LogP contribution in [0.15, 0.2) is 42.7 Å². The molecule has 3 aromatic rings. The van der Waals surface area contributed by atoms with Crippen LogP contribution in [0.1, 0.15) is 37.7 Å². The van der Waals surface area contributed by atoms with E-state index in [4.69, 9.17) is 9.47 Å². The molecule has 2 heterocycles. The van der Waals surface area contributed by atoms with E-state index in [1.165, 1.54) is 16.4 Å². The average Bonchev–Trinajstić information content (AvgIpc) is 3.28. The molecule has 0 atom stereocenters. The van der Waals surface area contributed by atoms with Gasteiger partial charge < -0.3 is 14.0 Å². The Morgan fingerprint density at radius 2 is 1.86 bits per heavy atom. The minimum atomic E-state index is -0.556. The van der Waals surface area contributed by atoms with Crippen molar-refractivity contribution < 1.29 is 19.1 Å². The summed E-state index contributed by atoms with van der Waals surface area (Å²) < 4.78 is 14.0. The van der Waals surface area contributed by atoms with Crippen molar-refractivity contribution in [1.29, 1.82) is 0 Å². The first-order valence-electron chi connectivity index (χ1n) is 9.37. The van der Waals surface area contributed by atoms with Gasteiger partial charge in [-0.2, -0.15) is 5.10 Å². The summed E-state index contributed by atoms with van der Waals surface area (Å²) in [4.78, 5) is 24.6. The number of methoxy groups -OCH3 is 1. The maximum atomic E-state index is 12.6. The number of hydrogen-bond acceptors (Lipinski definition) is 5. The number of aryl methyl sites for hydroxylation is 3. The van der Waals surface area contributed by atoms with Crippen LogP contribution in [-0.2, 0) is 24.8 Å². The van der Waals surface area contributed by atoms with Crippen LogP contribution in [0, 0.1) is 13.8 Å². The highest BCUT2D eigenvalue weighted by atomic mass is 16.5. The number of hydrogen-bond donors (Lipinski definition) is 0. The Morgan fingerprint density at radius 3 is 2.48 bits per heavy atom. The van der Waals surface area contributed by atoms with Gasteiger partial charge in [0.15, 0.2) is 6.61 Å². The largest absolute Gasteiger partial charge is 0.497 e. The first-order valence-corrected chi connectivity index (χ1v) is 9.37. The molecule has 7 nitrogen and oxygen atoms in total. The highest BCUT2D eigenvalue weighted by Gasteiger charge is 2.18. The van der Waals surface area contributed by atoms with Gasteiger partial charge in [0.2, 0.25) is 5.78 Å². The molecule has 0 fully saturated rings. The smallest absolute Gasteiger partial charge is 0.341 e. The van der Waals surface area contributed by atoms with E-state index in [0.29, 0.717) is 11.1 Å². The Labute approximate surface area is 169 Å². The second kappa shape index (κ2) is 8.77. The molecule has 0 saturated heterocycles. The minimum absolute atomic E-state index is 0.217. The van der Waals surface area contributed by atoms with E-state index in [-0.39, 0.29) is 12.4 Å². The molecule has 0 N–H and O–H groups in total. The Bertz CT molecular complexity index is 1020. The van der Waals surface area contributed by atoms with Crippen LogP contribution in [0.4, 0.5) is 0 Å². The number of esters is 1. The number of rotatable bonds is 8. The number of ketones is 1. The lowest BCUT2D eigenvalue weighted by molar-refractivity contribution is 0.0474. The van der Waals surface area contributed by atoms with Crippen LogP contribution >= 0.6 is 0 Å². The van der Waals surface area contributed by atoms with Crippen molar-refractivity contribution in [2.45, 2.75) is 26.8 Å². The minimum Gasteiger partial charge on any atom is -0.497 e. The SMILES string of the molecule is COc1ccc(CCn2c(C)cc(C(=O)COC(=O)c3cnn(C)c3)c2C)cc1. The molecule has 29 heavy (non-hydrogen) atoms. The maximum Gasteiger partial charge on any atom is 0.341 e. The second-order valence-corrected chi connectivity index (χ2v) is 6.94. The normalized spacial score (nSPS) is 10.8. The number of ether oxygens (including phenoxy) is 2.